The first kappa shape index (κ1) is 13.8. The quantitative estimate of drug-likeness (QED) is 0.806. The second-order valence-corrected chi connectivity index (χ2v) is 5.46. The zero-order valence-corrected chi connectivity index (χ0v) is 12.9. The van der Waals surface area contributed by atoms with Gasteiger partial charge in [-0.15, -0.1) is 0 Å². The largest absolute Gasteiger partial charge is 0.497 e. The number of hydrogen-bond donors (Lipinski definition) is 1. The molecule has 0 unspecified atom stereocenters. The molecule has 0 amide bonds. The van der Waals surface area contributed by atoms with Crippen molar-refractivity contribution in [3.05, 3.63) is 48.6 Å². The molecule has 1 aliphatic rings. The Balaban J connectivity index is 1.60. The maximum absolute atomic E-state index is 5.31. The number of aromatic amines is 1. The molecule has 6 nitrogen and oxygen atoms in total. The maximum atomic E-state index is 5.31. The third-order valence-corrected chi connectivity index (χ3v) is 4.15. The highest BCUT2D eigenvalue weighted by atomic mass is 16.5. The number of nitrogens with one attached hydrogen (secondary N) is 1. The van der Waals surface area contributed by atoms with Gasteiger partial charge in [0.2, 0.25) is 0 Å². The van der Waals surface area contributed by atoms with E-state index in [9.17, 15) is 0 Å². The summed E-state index contributed by atoms with van der Waals surface area (Å²) in [6.07, 6.45) is 6.44. The lowest BCUT2D eigenvalue weighted by Gasteiger charge is -2.27. The molecule has 0 atom stereocenters. The van der Waals surface area contributed by atoms with E-state index in [0.717, 1.165) is 36.6 Å². The average Bonchev–Trinajstić information content (AvgIpc) is 3.11. The first-order chi connectivity index (χ1) is 11.3. The van der Waals surface area contributed by atoms with Crippen molar-refractivity contribution in [2.45, 2.75) is 6.42 Å². The maximum Gasteiger partial charge on any atom is 0.182 e. The van der Waals surface area contributed by atoms with Crippen molar-refractivity contribution in [2.75, 3.05) is 25.1 Å². The number of aromatic nitrogens is 4. The van der Waals surface area contributed by atoms with Crippen LogP contribution in [0.2, 0.25) is 0 Å². The zero-order chi connectivity index (χ0) is 15.6. The molecule has 0 fully saturated rings. The van der Waals surface area contributed by atoms with Crippen molar-refractivity contribution < 1.29 is 4.74 Å². The number of nitrogens with zero attached hydrogens (tertiary/aromatic N) is 4. The summed E-state index contributed by atoms with van der Waals surface area (Å²) in [4.78, 5) is 18.2. The Hall–Kier alpha value is -2.89. The predicted molar refractivity (Wildman–Crippen MR) is 89.5 cm³/mol. The Morgan fingerprint density at radius 2 is 2.17 bits per heavy atom. The van der Waals surface area contributed by atoms with Gasteiger partial charge in [0.15, 0.2) is 11.5 Å². The standard InChI is InChI=1S/C17H17N5O/c1-23-14-4-2-3-13(9-14)12-5-7-22(8-6-12)17-15-16(19-10-18-15)20-11-21-17/h2-5,9-11H,6-8H2,1H3,(H,18,19,20,21). The molecule has 0 saturated carbocycles. The first-order valence-corrected chi connectivity index (χ1v) is 7.57. The van der Waals surface area contributed by atoms with Crippen LogP contribution < -0.4 is 9.64 Å². The number of hydrogen-bond acceptors (Lipinski definition) is 5. The monoisotopic (exact) mass is 307 g/mol. The van der Waals surface area contributed by atoms with E-state index in [1.54, 1.807) is 19.8 Å². The second-order valence-electron chi connectivity index (χ2n) is 5.46. The van der Waals surface area contributed by atoms with Gasteiger partial charge in [0.05, 0.1) is 13.4 Å². The van der Waals surface area contributed by atoms with Crippen LogP contribution in [0.15, 0.2) is 43.0 Å². The number of rotatable bonds is 3. The lowest BCUT2D eigenvalue weighted by atomic mass is 9.99. The number of imidazole rings is 1. The van der Waals surface area contributed by atoms with Crippen LogP contribution in [-0.2, 0) is 0 Å². The third kappa shape index (κ3) is 2.52. The van der Waals surface area contributed by atoms with Crippen molar-refractivity contribution in [3.8, 4) is 5.75 Å². The Morgan fingerprint density at radius 3 is 3.00 bits per heavy atom. The molecule has 1 aliphatic heterocycles. The van der Waals surface area contributed by atoms with E-state index < -0.39 is 0 Å². The summed E-state index contributed by atoms with van der Waals surface area (Å²) in [6, 6.07) is 8.20. The van der Waals surface area contributed by atoms with Crippen LogP contribution in [0.4, 0.5) is 5.82 Å². The number of ether oxygens (including phenoxy) is 1. The molecule has 2 aromatic heterocycles. The van der Waals surface area contributed by atoms with Gasteiger partial charge >= 0.3 is 0 Å². The fourth-order valence-electron chi connectivity index (χ4n) is 2.94. The van der Waals surface area contributed by atoms with Gasteiger partial charge in [-0.05, 0) is 29.7 Å². The minimum Gasteiger partial charge on any atom is -0.497 e. The van der Waals surface area contributed by atoms with E-state index in [2.05, 4.69) is 43.0 Å². The van der Waals surface area contributed by atoms with Crippen LogP contribution in [0.25, 0.3) is 16.7 Å². The van der Waals surface area contributed by atoms with Gasteiger partial charge in [0, 0.05) is 13.1 Å². The van der Waals surface area contributed by atoms with E-state index >= 15 is 0 Å². The highest BCUT2D eigenvalue weighted by Gasteiger charge is 2.18. The van der Waals surface area contributed by atoms with E-state index in [1.807, 2.05) is 12.1 Å². The highest BCUT2D eigenvalue weighted by Crippen LogP contribution is 2.28. The van der Waals surface area contributed by atoms with Crippen LogP contribution in [0.1, 0.15) is 12.0 Å². The second kappa shape index (κ2) is 5.72. The van der Waals surface area contributed by atoms with Gasteiger partial charge in [-0.25, -0.2) is 15.0 Å². The first-order valence-electron chi connectivity index (χ1n) is 7.57. The van der Waals surface area contributed by atoms with Crippen molar-refractivity contribution in [1.82, 2.24) is 19.9 Å². The molecular weight excluding hydrogens is 290 g/mol. The van der Waals surface area contributed by atoms with E-state index in [0.29, 0.717) is 5.65 Å². The lowest BCUT2D eigenvalue weighted by Crippen LogP contribution is -2.29. The molecule has 0 aliphatic carbocycles. The summed E-state index contributed by atoms with van der Waals surface area (Å²) in [7, 11) is 1.70. The van der Waals surface area contributed by atoms with E-state index in [-0.39, 0.29) is 0 Å². The van der Waals surface area contributed by atoms with Crippen molar-refractivity contribution in [1.29, 1.82) is 0 Å². The summed E-state index contributed by atoms with van der Waals surface area (Å²) in [5, 5.41) is 0. The van der Waals surface area contributed by atoms with Gasteiger partial charge in [-0.1, -0.05) is 18.2 Å². The van der Waals surface area contributed by atoms with Crippen LogP contribution in [0, 0.1) is 0 Å². The van der Waals surface area contributed by atoms with Gasteiger partial charge in [0.25, 0.3) is 0 Å². The number of benzene rings is 1. The third-order valence-electron chi connectivity index (χ3n) is 4.15. The molecule has 23 heavy (non-hydrogen) atoms. The SMILES string of the molecule is COc1cccc(C2=CCN(c3ncnc4nc[nH]c34)CC2)c1. The van der Waals surface area contributed by atoms with Crippen molar-refractivity contribution >= 4 is 22.6 Å². The smallest absolute Gasteiger partial charge is 0.182 e. The lowest BCUT2D eigenvalue weighted by molar-refractivity contribution is 0.414. The number of fused-ring (bicyclic) bond motifs is 1. The molecule has 1 aromatic carbocycles. The topological polar surface area (TPSA) is 66.9 Å². The molecule has 0 saturated heterocycles. The molecule has 4 rings (SSSR count). The molecule has 1 N–H and O–H groups in total. The normalized spacial score (nSPS) is 14.8. The van der Waals surface area contributed by atoms with Gasteiger partial charge < -0.3 is 14.6 Å². The van der Waals surface area contributed by atoms with Gasteiger partial charge in [0.1, 0.15) is 17.6 Å². The minimum atomic E-state index is 0.706. The van der Waals surface area contributed by atoms with Gasteiger partial charge in [-0.3, -0.25) is 0 Å². The average molecular weight is 307 g/mol. The van der Waals surface area contributed by atoms with Gasteiger partial charge in [-0.2, -0.15) is 0 Å². The molecular formula is C17H17N5O. The summed E-state index contributed by atoms with van der Waals surface area (Å²) in [6.45, 7) is 1.73. The Labute approximate surface area is 133 Å². The summed E-state index contributed by atoms with van der Waals surface area (Å²) >= 11 is 0. The molecule has 3 aromatic rings. The van der Waals surface area contributed by atoms with Crippen LogP contribution in [-0.4, -0.2) is 40.1 Å². The molecule has 0 spiro atoms. The molecule has 0 radical (unpaired) electrons. The van der Waals surface area contributed by atoms with Crippen molar-refractivity contribution in [3.63, 3.8) is 0 Å². The summed E-state index contributed by atoms with van der Waals surface area (Å²) in [5.74, 6) is 1.80. The Kier molecular flexibility index (Phi) is 3.42. The molecule has 116 valence electrons. The van der Waals surface area contributed by atoms with E-state index in [4.69, 9.17) is 4.74 Å². The zero-order valence-electron chi connectivity index (χ0n) is 12.9. The Morgan fingerprint density at radius 1 is 1.22 bits per heavy atom. The minimum absolute atomic E-state index is 0.706. The number of methoxy groups -OCH3 is 1. The molecule has 6 heteroatoms. The summed E-state index contributed by atoms with van der Waals surface area (Å²) < 4.78 is 5.31. The van der Waals surface area contributed by atoms with Crippen LogP contribution >= 0.6 is 0 Å². The number of H-pyrrole nitrogens is 1. The molecule has 0 bridgehead atoms. The van der Waals surface area contributed by atoms with E-state index in [1.165, 1.54) is 11.1 Å². The molecule has 3 heterocycles. The van der Waals surface area contributed by atoms with Crippen LogP contribution in [0.3, 0.4) is 0 Å². The van der Waals surface area contributed by atoms with Crippen LogP contribution in [0.5, 0.6) is 5.75 Å². The highest BCUT2D eigenvalue weighted by molar-refractivity contribution is 5.83. The predicted octanol–water partition coefficient (Wildman–Crippen LogP) is 2.66. The Bertz CT molecular complexity index is 870. The summed E-state index contributed by atoms with van der Waals surface area (Å²) in [5.41, 5.74) is 4.16. The van der Waals surface area contributed by atoms with Crippen molar-refractivity contribution in [2.24, 2.45) is 0 Å². The fourth-order valence-corrected chi connectivity index (χ4v) is 2.94. The number of anilines is 1. The fraction of sp³-hybridized carbons (Fsp3) is 0.235.